The molecule has 0 saturated carbocycles. The van der Waals surface area contributed by atoms with Crippen LogP contribution in [0.3, 0.4) is 0 Å². The number of rotatable bonds is 7. The molecule has 19 heavy (non-hydrogen) atoms. The molecule has 102 valence electrons. The summed E-state index contributed by atoms with van der Waals surface area (Å²) in [6, 6.07) is 4.25. The van der Waals surface area contributed by atoms with Crippen molar-refractivity contribution in [3.63, 3.8) is 0 Å². The van der Waals surface area contributed by atoms with Crippen LogP contribution in [0.25, 0.3) is 0 Å². The summed E-state index contributed by atoms with van der Waals surface area (Å²) in [4.78, 5) is 9.97. The predicted octanol–water partition coefficient (Wildman–Crippen LogP) is 3.32. The van der Waals surface area contributed by atoms with Gasteiger partial charge in [0, 0.05) is 23.5 Å². The summed E-state index contributed by atoms with van der Waals surface area (Å²) >= 11 is 1.79. The van der Waals surface area contributed by atoms with Crippen molar-refractivity contribution in [2.24, 2.45) is 0 Å². The van der Waals surface area contributed by atoms with Crippen molar-refractivity contribution in [1.82, 2.24) is 9.97 Å². The van der Waals surface area contributed by atoms with Crippen LogP contribution in [0, 0.1) is 6.92 Å². The zero-order chi connectivity index (χ0) is 13.5. The molecule has 0 saturated heterocycles. The van der Waals surface area contributed by atoms with E-state index in [1.165, 1.54) is 4.88 Å². The average Bonchev–Trinajstić information content (AvgIpc) is 2.92. The van der Waals surface area contributed by atoms with Crippen molar-refractivity contribution in [3.8, 4) is 0 Å². The maximum atomic E-state index is 4.31. The van der Waals surface area contributed by atoms with Gasteiger partial charge in [-0.15, -0.1) is 11.3 Å². The highest BCUT2D eigenvalue weighted by Gasteiger charge is 2.05. The maximum Gasteiger partial charge on any atom is 0.134 e. The molecule has 2 rings (SSSR count). The summed E-state index contributed by atoms with van der Waals surface area (Å²) in [5.41, 5.74) is 1.09. The van der Waals surface area contributed by atoms with Gasteiger partial charge >= 0.3 is 0 Å². The van der Waals surface area contributed by atoms with Crippen LogP contribution in [0.5, 0.6) is 0 Å². The summed E-state index contributed by atoms with van der Waals surface area (Å²) in [6.07, 6.45) is 3.72. The number of hydrogen-bond donors (Lipinski definition) is 2. The van der Waals surface area contributed by atoms with E-state index in [2.05, 4.69) is 45.0 Å². The second kappa shape index (κ2) is 7.09. The third-order valence-corrected chi connectivity index (χ3v) is 3.81. The molecule has 2 aromatic rings. The van der Waals surface area contributed by atoms with E-state index in [9.17, 15) is 0 Å². The highest BCUT2D eigenvalue weighted by Crippen LogP contribution is 2.18. The van der Waals surface area contributed by atoms with Gasteiger partial charge in [-0.25, -0.2) is 9.97 Å². The standard InChI is InChI=1S/C14H20N4S/c1-3-7-15-13-11(2)14(18-10-17-13)16-8-6-12-5-4-9-19-12/h4-5,9-10H,3,6-8H2,1-2H3,(H2,15,16,17,18). The van der Waals surface area contributed by atoms with E-state index in [-0.39, 0.29) is 0 Å². The minimum Gasteiger partial charge on any atom is -0.370 e. The zero-order valence-electron chi connectivity index (χ0n) is 11.4. The van der Waals surface area contributed by atoms with E-state index in [0.29, 0.717) is 0 Å². The summed E-state index contributed by atoms with van der Waals surface area (Å²) in [7, 11) is 0. The smallest absolute Gasteiger partial charge is 0.134 e. The molecule has 0 radical (unpaired) electrons. The molecule has 0 bridgehead atoms. The van der Waals surface area contributed by atoms with E-state index in [1.54, 1.807) is 17.7 Å². The van der Waals surface area contributed by atoms with Crippen LogP contribution in [0.15, 0.2) is 23.8 Å². The third-order valence-electron chi connectivity index (χ3n) is 2.87. The van der Waals surface area contributed by atoms with Crippen molar-refractivity contribution in [2.45, 2.75) is 26.7 Å². The van der Waals surface area contributed by atoms with Gasteiger partial charge in [0.1, 0.15) is 18.0 Å². The minimum absolute atomic E-state index is 0.894. The number of aromatic nitrogens is 2. The summed E-state index contributed by atoms with van der Waals surface area (Å²) < 4.78 is 0. The van der Waals surface area contributed by atoms with E-state index >= 15 is 0 Å². The Labute approximate surface area is 118 Å². The predicted molar refractivity (Wildman–Crippen MR) is 82.1 cm³/mol. The van der Waals surface area contributed by atoms with E-state index in [1.807, 2.05) is 6.92 Å². The lowest BCUT2D eigenvalue weighted by Crippen LogP contribution is -2.10. The van der Waals surface area contributed by atoms with Crippen molar-refractivity contribution in [3.05, 3.63) is 34.3 Å². The van der Waals surface area contributed by atoms with Crippen LogP contribution >= 0.6 is 11.3 Å². The first kappa shape index (κ1) is 13.8. The molecule has 2 heterocycles. The molecule has 0 amide bonds. The normalized spacial score (nSPS) is 10.4. The fraction of sp³-hybridized carbons (Fsp3) is 0.429. The van der Waals surface area contributed by atoms with Crippen LogP contribution in [-0.2, 0) is 6.42 Å². The number of anilines is 2. The Kier molecular flexibility index (Phi) is 5.15. The Morgan fingerprint density at radius 3 is 2.53 bits per heavy atom. The van der Waals surface area contributed by atoms with Gasteiger partial charge in [0.05, 0.1) is 0 Å². The minimum atomic E-state index is 0.894. The van der Waals surface area contributed by atoms with Crippen LogP contribution in [0.4, 0.5) is 11.6 Å². The Morgan fingerprint density at radius 2 is 1.89 bits per heavy atom. The van der Waals surface area contributed by atoms with Crippen molar-refractivity contribution >= 4 is 23.0 Å². The molecule has 2 N–H and O–H groups in total. The monoisotopic (exact) mass is 276 g/mol. The summed E-state index contributed by atoms with van der Waals surface area (Å²) in [5, 5.41) is 8.81. The largest absolute Gasteiger partial charge is 0.370 e. The number of nitrogens with zero attached hydrogens (tertiary/aromatic N) is 2. The second-order valence-electron chi connectivity index (χ2n) is 4.38. The maximum absolute atomic E-state index is 4.31. The van der Waals surface area contributed by atoms with Gasteiger partial charge < -0.3 is 10.6 Å². The Morgan fingerprint density at radius 1 is 1.16 bits per heavy atom. The SMILES string of the molecule is CCCNc1ncnc(NCCc2cccs2)c1C. The molecule has 0 aliphatic rings. The molecule has 4 nitrogen and oxygen atoms in total. The van der Waals surface area contributed by atoms with E-state index in [0.717, 1.165) is 43.1 Å². The topological polar surface area (TPSA) is 49.8 Å². The highest BCUT2D eigenvalue weighted by molar-refractivity contribution is 7.09. The van der Waals surface area contributed by atoms with Gasteiger partial charge in [-0.05, 0) is 31.2 Å². The summed E-state index contributed by atoms with van der Waals surface area (Å²) in [5.74, 6) is 1.85. The molecule has 0 atom stereocenters. The molecule has 0 spiro atoms. The fourth-order valence-electron chi connectivity index (χ4n) is 1.81. The molecule has 2 aromatic heterocycles. The van der Waals surface area contributed by atoms with Gasteiger partial charge in [-0.3, -0.25) is 0 Å². The van der Waals surface area contributed by atoms with E-state index < -0.39 is 0 Å². The lowest BCUT2D eigenvalue weighted by Gasteiger charge is -2.12. The third kappa shape index (κ3) is 3.92. The van der Waals surface area contributed by atoms with Crippen LogP contribution in [0.2, 0.25) is 0 Å². The van der Waals surface area contributed by atoms with Crippen LogP contribution < -0.4 is 10.6 Å². The van der Waals surface area contributed by atoms with Crippen molar-refractivity contribution in [2.75, 3.05) is 23.7 Å². The van der Waals surface area contributed by atoms with Crippen LogP contribution in [0.1, 0.15) is 23.8 Å². The van der Waals surface area contributed by atoms with Gasteiger partial charge in [-0.1, -0.05) is 13.0 Å². The number of nitrogens with one attached hydrogen (secondary N) is 2. The van der Waals surface area contributed by atoms with Gasteiger partial charge in [-0.2, -0.15) is 0 Å². The molecular weight excluding hydrogens is 256 g/mol. The second-order valence-corrected chi connectivity index (χ2v) is 5.41. The van der Waals surface area contributed by atoms with Gasteiger partial charge in [0.2, 0.25) is 0 Å². The van der Waals surface area contributed by atoms with Gasteiger partial charge in [0.25, 0.3) is 0 Å². The number of hydrogen-bond acceptors (Lipinski definition) is 5. The molecule has 0 aliphatic carbocycles. The van der Waals surface area contributed by atoms with Crippen molar-refractivity contribution in [1.29, 1.82) is 0 Å². The van der Waals surface area contributed by atoms with Gasteiger partial charge in [0.15, 0.2) is 0 Å². The van der Waals surface area contributed by atoms with E-state index in [4.69, 9.17) is 0 Å². The lowest BCUT2D eigenvalue weighted by molar-refractivity contribution is 0.954. The van der Waals surface area contributed by atoms with Crippen molar-refractivity contribution < 1.29 is 0 Å². The first-order valence-electron chi connectivity index (χ1n) is 6.63. The Hall–Kier alpha value is -1.62. The fourth-order valence-corrected chi connectivity index (χ4v) is 2.52. The molecular formula is C14H20N4S. The molecule has 0 aliphatic heterocycles. The molecule has 5 heteroatoms. The van der Waals surface area contributed by atoms with Crippen LogP contribution in [-0.4, -0.2) is 23.1 Å². The Bertz CT molecular complexity index is 496. The molecule has 0 fully saturated rings. The lowest BCUT2D eigenvalue weighted by atomic mass is 10.3. The summed E-state index contributed by atoms with van der Waals surface area (Å²) in [6.45, 7) is 6.02. The Balaban J connectivity index is 1.92. The first-order chi connectivity index (χ1) is 9.31. The zero-order valence-corrected chi connectivity index (χ0v) is 12.3. The quantitative estimate of drug-likeness (QED) is 0.814. The molecule has 0 aromatic carbocycles. The number of thiophene rings is 1. The molecule has 0 unspecified atom stereocenters. The highest BCUT2D eigenvalue weighted by atomic mass is 32.1. The average molecular weight is 276 g/mol. The first-order valence-corrected chi connectivity index (χ1v) is 7.51.